The molecule has 1 aliphatic rings. The number of nitrogens with zero attached hydrogens (tertiary/aromatic N) is 2. The van der Waals surface area contributed by atoms with Crippen molar-refractivity contribution in [1.29, 1.82) is 0 Å². The standard InChI is InChI=1S/C46H26N2O/c1-2-12-28(13-3-1)47-39-23-21-34-32-16-6-8-19-38(32)48(29-25-27-11-10-18-33-30-14-4-5-15-31(30)37(26-29)42(27)33)45(34)43(39)36-22-24-41-44(46(36)47)35-17-7-9-20-40(35)49-41/h1-26H. The number of fused-ring (bicyclic) bond motifs is 14. The van der Waals surface area contributed by atoms with Crippen LogP contribution in [0.15, 0.2) is 162 Å². The van der Waals surface area contributed by atoms with E-state index < -0.39 is 0 Å². The van der Waals surface area contributed by atoms with Crippen LogP contribution in [-0.2, 0) is 0 Å². The molecule has 3 heteroatoms. The van der Waals surface area contributed by atoms with Crippen LogP contribution in [0.3, 0.4) is 0 Å². The summed E-state index contributed by atoms with van der Waals surface area (Å²) in [4.78, 5) is 0. The highest BCUT2D eigenvalue weighted by molar-refractivity contribution is 6.31. The van der Waals surface area contributed by atoms with Crippen molar-refractivity contribution in [2.75, 3.05) is 0 Å². The molecule has 0 N–H and O–H groups in total. The van der Waals surface area contributed by atoms with Crippen molar-refractivity contribution in [3.63, 3.8) is 0 Å². The van der Waals surface area contributed by atoms with E-state index in [9.17, 15) is 0 Å². The van der Waals surface area contributed by atoms with Crippen LogP contribution in [0, 0.1) is 0 Å². The van der Waals surface area contributed by atoms with Crippen molar-refractivity contribution in [3.05, 3.63) is 158 Å². The first kappa shape index (κ1) is 25.5. The van der Waals surface area contributed by atoms with Crippen LogP contribution in [0.4, 0.5) is 0 Å². The van der Waals surface area contributed by atoms with Gasteiger partial charge in [-0.2, -0.15) is 0 Å². The Kier molecular flexibility index (Phi) is 4.72. The number of hydrogen-bond donors (Lipinski definition) is 0. The van der Waals surface area contributed by atoms with Crippen molar-refractivity contribution in [2.45, 2.75) is 0 Å². The van der Waals surface area contributed by atoms with Crippen LogP contribution >= 0.6 is 0 Å². The maximum Gasteiger partial charge on any atom is 0.137 e. The minimum absolute atomic E-state index is 0.900. The van der Waals surface area contributed by atoms with Crippen LogP contribution < -0.4 is 0 Å². The van der Waals surface area contributed by atoms with Gasteiger partial charge in [-0.3, -0.25) is 0 Å². The lowest BCUT2D eigenvalue weighted by Crippen LogP contribution is -1.96. The Bertz CT molecular complexity index is 3210. The summed E-state index contributed by atoms with van der Waals surface area (Å²) < 4.78 is 11.4. The summed E-state index contributed by atoms with van der Waals surface area (Å²) in [6.45, 7) is 0. The van der Waals surface area contributed by atoms with Gasteiger partial charge in [0.15, 0.2) is 0 Å². The molecule has 0 bridgehead atoms. The third-order valence-corrected chi connectivity index (χ3v) is 10.8. The molecule has 0 saturated heterocycles. The second kappa shape index (κ2) is 9.06. The van der Waals surface area contributed by atoms with E-state index in [1.54, 1.807) is 0 Å². The highest BCUT2D eigenvalue weighted by Crippen LogP contribution is 2.50. The number of rotatable bonds is 2. The Labute approximate surface area is 280 Å². The fourth-order valence-electron chi connectivity index (χ4n) is 8.90. The van der Waals surface area contributed by atoms with E-state index in [1.807, 2.05) is 6.07 Å². The number of furan rings is 1. The van der Waals surface area contributed by atoms with Crippen molar-refractivity contribution in [3.8, 4) is 33.6 Å². The lowest BCUT2D eigenvalue weighted by molar-refractivity contribution is 0.669. The SMILES string of the molecule is c1ccc(-n2c3ccc4c5ccccc5n(-c5cc6c7c(cccc7c5)-c5ccccc5-6)c4c3c3ccc4oc5ccccc5c4c32)cc1. The van der Waals surface area contributed by atoms with Crippen molar-refractivity contribution in [1.82, 2.24) is 9.13 Å². The molecular weight excluding hydrogens is 597 g/mol. The van der Waals surface area contributed by atoms with Crippen molar-refractivity contribution in [2.24, 2.45) is 0 Å². The van der Waals surface area contributed by atoms with Gasteiger partial charge in [-0.25, -0.2) is 0 Å². The molecule has 0 aliphatic heterocycles. The predicted octanol–water partition coefficient (Wildman–Crippen LogP) is 12.6. The fourth-order valence-corrected chi connectivity index (χ4v) is 8.90. The normalized spacial score (nSPS) is 12.5. The van der Waals surface area contributed by atoms with Crippen LogP contribution in [-0.4, -0.2) is 9.13 Å². The molecule has 0 saturated carbocycles. The van der Waals surface area contributed by atoms with Gasteiger partial charge in [0.05, 0.1) is 27.5 Å². The van der Waals surface area contributed by atoms with E-state index in [0.717, 1.165) is 27.6 Å². The molecule has 3 aromatic heterocycles. The molecule has 3 heterocycles. The molecule has 11 aromatic rings. The summed E-state index contributed by atoms with van der Waals surface area (Å²) in [6, 6.07) is 57.5. The Morgan fingerprint density at radius 3 is 1.94 bits per heavy atom. The summed E-state index contributed by atoms with van der Waals surface area (Å²) in [5.74, 6) is 0. The summed E-state index contributed by atoms with van der Waals surface area (Å²) in [5.41, 5.74) is 14.1. The van der Waals surface area contributed by atoms with Gasteiger partial charge in [0, 0.05) is 38.3 Å². The maximum atomic E-state index is 6.46. The molecule has 12 rings (SSSR count). The first-order valence-corrected chi connectivity index (χ1v) is 16.9. The summed E-state index contributed by atoms with van der Waals surface area (Å²) in [7, 11) is 0. The first-order chi connectivity index (χ1) is 24.3. The maximum absolute atomic E-state index is 6.46. The quantitative estimate of drug-likeness (QED) is 0.188. The van der Waals surface area contributed by atoms with Crippen LogP contribution in [0.5, 0.6) is 0 Å². The van der Waals surface area contributed by atoms with Gasteiger partial charge >= 0.3 is 0 Å². The Morgan fingerprint density at radius 1 is 0.347 bits per heavy atom. The molecule has 1 aliphatic carbocycles. The molecule has 0 spiro atoms. The zero-order chi connectivity index (χ0) is 31.8. The zero-order valence-corrected chi connectivity index (χ0v) is 26.3. The molecule has 0 amide bonds. The Hall–Kier alpha value is -6.58. The topological polar surface area (TPSA) is 23.0 Å². The second-order valence-corrected chi connectivity index (χ2v) is 13.3. The fraction of sp³-hybridized carbons (Fsp3) is 0. The number of benzene rings is 8. The number of aromatic nitrogens is 2. The minimum atomic E-state index is 0.900. The van der Waals surface area contributed by atoms with E-state index in [2.05, 4.69) is 161 Å². The van der Waals surface area contributed by atoms with Gasteiger partial charge < -0.3 is 13.6 Å². The predicted molar refractivity (Wildman–Crippen MR) is 204 cm³/mol. The van der Waals surface area contributed by atoms with E-state index in [4.69, 9.17) is 4.42 Å². The van der Waals surface area contributed by atoms with E-state index in [0.29, 0.717) is 0 Å². The minimum Gasteiger partial charge on any atom is -0.456 e. The lowest BCUT2D eigenvalue weighted by Gasteiger charge is -2.13. The van der Waals surface area contributed by atoms with Gasteiger partial charge in [0.25, 0.3) is 0 Å². The average Bonchev–Trinajstić information content (AvgIpc) is 3.89. The number of para-hydroxylation sites is 3. The summed E-state index contributed by atoms with van der Waals surface area (Å²) >= 11 is 0. The molecule has 0 radical (unpaired) electrons. The van der Waals surface area contributed by atoms with E-state index in [-0.39, 0.29) is 0 Å². The van der Waals surface area contributed by atoms with E-state index >= 15 is 0 Å². The molecular formula is C46H26N2O. The van der Waals surface area contributed by atoms with Crippen molar-refractivity contribution < 1.29 is 4.42 Å². The van der Waals surface area contributed by atoms with Gasteiger partial charge in [-0.05, 0) is 87.6 Å². The average molecular weight is 623 g/mol. The first-order valence-electron chi connectivity index (χ1n) is 16.9. The van der Waals surface area contributed by atoms with Gasteiger partial charge in [-0.1, -0.05) is 103 Å². The van der Waals surface area contributed by atoms with E-state index in [1.165, 1.54) is 82.3 Å². The molecule has 49 heavy (non-hydrogen) atoms. The van der Waals surface area contributed by atoms with Gasteiger partial charge in [-0.15, -0.1) is 0 Å². The van der Waals surface area contributed by atoms with Crippen LogP contribution in [0.1, 0.15) is 0 Å². The largest absolute Gasteiger partial charge is 0.456 e. The zero-order valence-electron chi connectivity index (χ0n) is 26.3. The third kappa shape index (κ3) is 3.17. The smallest absolute Gasteiger partial charge is 0.137 e. The highest BCUT2D eigenvalue weighted by atomic mass is 16.3. The molecule has 3 nitrogen and oxygen atoms in total. The van der Waals surface area contributed by atoms with Gasteiger partial charge in [0.2, 0.25) is 0 Å². The monoisotopic (exact) mass is 622 g/mol. The van der Waals surface area contributed by atoms with Crippen molar-refractivity contribution >= 4 is 76.3 Å². The van der Waals surface area contributed by atoms with Gasteiger partial charge in [0.1, 0.15) is 11.2 Å². The third-order valence-electron chi connectivity index (χ3n) is 10.8. The lowest BCUT2D eigenvalue weighted by atomic mass is 10.0. The molecule has 0 fully saturated rings. The Balaban J connectivity index is 1.31. The molecule has 0 unspecified atom stereocenters. The highest BCUT2D eigenvalue weighted by Gasteiger charge is 2.26. The summed E-state index contributed by atoms with van der Waals surface area (Å²) in [5, 5.41) is 9.83. The van der Waals surface area contributed by atoms with Crippen LogP contribution in [0.2, 0.25) is 0 Å². The Morgan fingerprint density at radius 2 is 1.04 bits per heavy atom. The second-order valence-electron chi connectivity index (χ2n) is 13.3. The molecule has 226 valence electrons. The molecule has 0 atom stereocenters. The number of hydrogen-bond acceptors (Lipinski definition) is 1. The molecule has 8 aromatic carbocycles. The van der Waals surface area contributed by atoms with Crippen LogP contribution in [0.25, 0.3) is 110 Å². The summed E-state index contributed by atoms with van der Waals surface area (Å²) in [6.07, 6.45) is 0.